The van der Waals surface area contributed by atoms with Gasteiger partial charge in [0.05, 0.1) is 23.1 Å². The van der Waals surface area contributed by atoms with Crippen molar-refractivity contribution < 1.29 is 24.2 Å². The SMILES string of the molecule is O=C([O-])c1c(-c2ccccc2)oc(-c2ccccc2)c1C(=O)[O-]. The predicted molar refractivity (Wildman–Crippen MR) is 78.2 cm³/mol. The standard InChI is InChI=1S/C18H12O5/c19-17(20)13-14(18(21)22)16(12-9-5-2-6-10-12)23-15(13)11-7-3-1-4-8-11/h1-10H,(H,19,20)(H,21,22)/p-2. The molecule has 0 amide bonds. The number of furan rings is 1. The monoisotopic (exact) mass is 306 g/mol. The quantitative estimate of drug-likeness (QED) is 0.725. The molecule has 0 bridgehead atoms. The Morgan fingerprint density at radius 2 is 1.00 bits per heavy atom. The van der Waals surface area contributed by atoms with Crippen molar-refractivity contribution in [2.45, 2.75) is 0 Å². The summed E-state index contributed by atoms with van der Waals surface area (Å²) >= 11 is 0. The topological polar surface area (TPSA) is 93.4 Å². The maximum absolute atomic E-state index is 11.5. The number of carbonyl (C=O) groups is 2. The van der Waals surface area contributed by atoms with Gasteiger partial charge in [-0.3, -0.25) is 0 Å². The second-order valence-electron chi connectivity index (χ2n) is 4.82. The Labute approximate surface area is 131 Å². The van der Waals surface area contributed by atoms with Gasteiger partial charge in [-0.05, 0) is 0 Å². The van der Waals surface area contributed by atoms with E-state index in [-0.39, 0.29) is 11.5 Å². The molecule has 0 atom stereocenters. The van der Waals surface area contributed by atoms with Crippen LogP contribution >= 0.6 is 0 Å². The number of carboxylic acid groups (broad SMARTS) is 2. The molecular formula is C18H10O5-2. The van der Waals surface area contributed by atoms with E-state index in [1.807, 2.05) is 0 Å². The van der Waals surface area contributed by atoms with Crippen molar-refractivity contribution in [2.24, 2.45) is 0 Å². The zero-order valence-electron chi connectivity index (χ0n) is 11.8. The van der Waals surface area contributed by atoms with E-state index >= 15 is 0 Å². The van der Waals surface area contributed by atoms with Crippen LogP contribution in [0.4, 0.5) is 0 Å². The number of carboxylic acids is 2. The summed E-state index contributed by atoms with van der Waals surface area (Å²) in [6, 6.07) is 16.8. The number of aromatic carboxylic acids is 2. The average Bonchev–Trinajstić information content (AvgIpc) is 2.97. The highest BCUT2D eigenvalue weighted by molar-refractivity contribution is 6.08. The molecule has 0 unspecified atom stereocenters. The Morgan fingerprint density at radius 3 is 1.30 bits per heavy atom. The summed E-state index contributed by atoms with van der Waals surface area (Å²) in [5.41, 5.74) is -0.155. The third-order valence-electron chi connectivity index (χ3n) is 3.39. The molecule has 0 fully saturated rings. The normalized spacial score (nSPS) is 10.4. The number of carbonyl (C=O) groups excluding carboxylic acids is 2. The molecule has 0 aliphatic carbocycles. The molecule has 0 saturated carbocycles. The summed E-state index contributed by atoms with van der Waals surface area (Å²) in [6.07, 6.45) is 0. The summed E-state index contributed by atoms with van der Waals surface area (Å²) in [4.78, 5) is 23.0. The first kappa shape index (κ1) is 14.6. The van der Waals surface area contributed by atoms with Crippen molar-refractivity contribution in [1.29, 1.82) is 0 Å². The molecular weight excluding hydrogens is 296 g/mol. The molecule has 0 saturated heterocycles. The number of hydrogen-bond acceptors (Lipinski definition) is 5. The molecule has 1 heterocycles. The number of benzene rings is 2. The molecule has 0 aliphatic heterocycles. The molecule has 3 rings (SSSR count). The lowest BCUT2D eigenvalue weighted by Gasteiger charge is -2.08. The Hall–Kier alpha value is -3.34. The Bertz CT molecular complexity index is 791. The zero-order chi connectivity index (χ0) is 16.4. The lowest BCUT2D eigenvalue weighted by molar-refractivity contribution is -0.259. The van der Waals surface area contributed by atoms with Gasteiger partial charge >= 0.3 is 0 Å². The van der Waals surface area contributed by atoms with Crippen LogP contribution in [0.5, 0.6) is 0 Å². The molecule has 23 heavy (non-hydrogen) atoms. The van der Waals surface area contributed by atoms with Crippen molar-refractivity contribution in [3.05, 3.63) is 71.8 Å². The van der Waals surface area contributed by atoms with Crippen LogP contribution in [-0.2, 0) is 0 Å². The molecule has 1 aromatic heterocycles. The van der Waals surface area contributed by atoms with Crippen LogP contribution in [0.15, 0.2) is 65.1 Å². The van der Waals surface area contributed by atoms with Crippen molar-refractivity contribution in [3.8, 4) is 22.6 Å². The van der Waals surface area contributed by atoms with Gasteiger partial charge in [-0.15, -0.1) is 0 Å². The van der Waals surface area contributed by atoms with E-state index in [1.54, 1.807) is 60.7 Å². The van der Waals surface area contributed by atoms with Gasteiger partial charge < -0.3 is 24.2 Å². The molecule has 5 nitrogen and oxygen atoms in total. The van der Waals surface area contributed by atoms with Crippen molar-refractivity contribution in [3.63, 3.8) is 0 Å². The second kappa shape index (κ2) is 5.81. The maximum Gasteiger partial charge on any atom is 0.144 e. The van der Waals surface area contributed by atoms with Crippen molar-refractivity contribution >= 4 is 11.9 Å². The average molecular weight is 306 g/mol. The van der Waals surface area contributed by atoms with E-state index in [1.165, 1.54) is 0 Å². The third kappa shape index (κ3) is 2.60. The molecule has 0 aliphatic rings. The first-order chi connectivity index (χ1) is 11.1. The summed E-state index contributed by atoms with van der Waals surface area (Å²) < 4.78 is 5.60. The van der Waals surface area contributed by atoms with Crippen LogP contribution in [0, 0.1) is 0 Å². The van der Waals surface area contributed by atoms with Gasteiger partial charge in [0.25, 0.3) is 0 Å². The van der Waals surface area contributed by atoms with Crippen LogP contribution in [0.1, 0.15) is 20.7 Å². The predicted octanol–water partition coefficient (Wildman–Crippen LogP) is 1.34. The highest BCUT2D eigenvalue weighted by Crippen LogP contribution is 2.36. The summed E-state index contributed by atoms with van der Waals surface area (Å²) in [5, 5.41) is 23.0. The number of rotatable bonds is 4. The first-order valence-electron chi connectivity index (χ1n) is 6.80. The fourth-order valence-electron chi connectivity index (χ4n) is 2.41. The van der Waals surface area contributed by atoms with Crippen LogP contribution in [0.3, 0.4) is 0 Å². The Morgan fingerprint density at radius 1 is 0.652 bits per heavy atom. The van der Waals surface area contributed by atoms with E-state index in [9.17, 15) is 19.8 Å². The number of hydrogen-bond donors (Lipinski definition) is 0. The fraction of sp³-hybridized carbons (Fsp3) is 0. The molecule has 3 aromatic rings. The second-order valence-corrected chi connectivity index (χ2v) is 4.82. The molecule has 114 valence electrons. The molecule has 0 spiro atoms. The van der Waals surface area contributed by atoms with Crippen LogP contribution in [0.2, 0.25) is 0 Å². The highest BCUT2D eigenvalue weighted by Gasteiger charge is 2.23. The Kier molecular flexibility index (Phi) is 3.68. The van der Waals surface area contributed by atoms with E-state index in [0.29, 0.717) is 11.1 Å². The molecule has 5 heteroatoms. The molecule has 0 radical (unpaired) electrons. The first-order valence-corrected chi connectivity index (χ1v) is 6.80. The van der Waals surface area contributed by atoms with Crippen LogP contribution in [-0.4, -0.2) is 11.9 Å². The smallest absolute Gasteiger partial charge is 0.144 e. The van der Waals surface area contributed by atoms with Gasteiger partial charge in [-0.1, -0.05) is 60.7 Å². The van der Waals surface area contributed by atoms with E-state index in [4.69, 9.17) is 4.42 Å². The van der Waals surface area contributed by atoms with Crippen molar-refractivity contribution in [1.82, 2.24) is 0 Å². The minimum Gasteiger partial charge on any atom is -0.545 e. The molecule has 2 aromatic carbocycles. The summed E-state index contributed by atoms with van der Waals surface area (Å²) in [5.74, 6) is -3.39. The lowest BCUT2D eigenvalue weighted by Crippen LogP contribution is -2.29. The van der Waals surface area contributed by atoms with Gasteiger partial charge in [0.2, 0.25) is 0 Å². The van der Waals surface area contributed by atoms with E-state index in [2.05, 4.69) is 0 Å². The van der Waals surface area contributed by atoms with Crippen LogP contribution in [0.25, 0.3) is 22.6 Å². The largest absolute Gasteiger partial charge is 0.545 e. The van der Waals surface area contributed by atoms with Gasteiger partial charge in [-0.2, -0.15) is 0 Å². The zero-order valence-corrected chi connectivity index (χ0v) is 11.8. The van der Waals surface area contributed by atoms with E-state index < -0.39 is 23.1 Å². The van der Waals surface area contributed by atoms with Gasteiger partial charge in [-0.25, -0.2) is 0 Å². The fourth-order valence-corrected chi connectivity index (χ4v) is 2.41. The van der Waals surface area contributed by atoms with Gasteiger partial charge in [0, 0.05) is 11.1 Å². The molecule has 0 N–H and O–H groups in total. The highest BCUT2D eigenvalue weighted by atomic mass is 16.4. The van der Waals surface area contributed by atoms with E-state index in [0.717, 1.165) is 0 Å². The summed E-state index contributed by atoms with van der Waals surface area (Å²) in [6.45, 7) is 0. The van der Waals surface area contributed by atoms with Gasteiger partial charge in [0.1, 0.15) is 11.5 Å². The van der Waals surface area contributed by atoms with Gasteiger partial charge in [0.15, 0.2) is 0 Å². The maximum atomic E-state index is 11.5. The minimum atomic E-state index is -1.63. The summed E-state index contributed by atoms with van der Waals surface area (Å²) in [7, 11) is 0. The van der Waals surface area contributed by atoms with Crippen molar-refractivity contribution in [2.75, 3.05) is 0 Å². The van der Waals surface area contributed by atoms with Crippen LogP contribution < -0.4 is 10.2 Å². The lowest BCUT2D eigenvalue weighted by atomic mass is 10.0. The Balaban J connectivity index is 2.34. The minimum absolute atomic E-state index is 0.0661. The third-order valence-corrected chi connectivity index (χ3v) is 3.39.